The molecule has 0 atom stereocenters. The number of hydrogen-bond acceptors (Lipinski definition) is 4. The zero-order chi connectivity index (χ0) is 18.6. The molecule has 1 fully saturated rings. The number of rotatable bonds is 4. The number of hydrogen-bond donors (Lipinski definition) is 0. The third kappa shape index (κ3) is 3.75. The van der Waals surface area contributed by atoms with Gasteiger partial charge in [0.2, 0.25) is 0 Å². The summed E-state index contributed by atoms with van der Waals surface area (Å²) in [5, 5.41) is 4.43. The number of carbonyl (C=O) groups excluding carboxylic acids is 1. The third-order valence-electron chi connectivity index (χ3n) is 5.06. The number of amides is 1. The van der Waals surface area contributed by atoms with Crippen molar-refractivity contribution in [1.29, 1.82) is 0 Å². The number of benzene rings is 1. The van der Waals surface area contributed by atoms with Gasteiger partial charge >= 0.3 is 0 Å². The predicted octanol–water partition coefficient (Wildman–Crippen LogP) is 2.53. The molecule has 0 N–H and O–H groups in total. The quantitative estimate of drug-likeness (QED) is 0.717. The highest BCUT2D eigenvalue weighted by atomic mass is 16.2. The van der Waals surface area contributed by atoms with Crippen molar-refractivity contribution < 1.29 is 4.79 Å². The standard InChI is InChI=1S/C21H23N5O/c1-17-20(15-23-26(17)19-5-3-2-4-6-19)21(27)25-13-11-24(12-14-25)16-18-7-9-22-10-8-18/h2-10,15H,11-14,16H2,1H3. The zero-order valence-corrected chi connectivity index (χ0v) is 15.5. The Morgan fingerprint density at radius 2 is 1.70 bits per heavy atom. The first kappa shape index (κ1) is 17.4. The van der Waals surface area contributed by atoms with Crippen LogP contribution in [0.2, 0.25) is 0 Å². The molecule has 1 aliphatic heterocycles. The highest BCUT2D eigenvalue weighted by Crippen LogP contribution is 2.17. The van der Waals surface area contributed by atoms with E-state index in [0.717, 1.165) is 44.1 Å². The van der Waals surface area contributed by atoms with Crippen LogP contribution in [-0.2, 0) is 6.54 Å². The fraction of sp³-hybridized carbons (Fsp3) is 0.286. The van der Waals surface area contributed by atoms with Crippen LogP contribution in [0.5, 0.6) is 0 Å². The van der Waals surface area contributed by atoms with Crippen LogP contribution in [0.15, 0.2) is 61.1 Å². The van der Waals surface area contributed by atoms with Gasteiger partial charge in [-0.2, -0.15) is 5.10 Å². The van der Waals surface area contributed by atoms with Crippen molar-refractivity contribution in [2.75, 3.05) is 26.2 Å². The molecule has 0 unspecified atom stereocenters. The summed E-state index contributed by atoms with van der Waals surface area (Å²) in [4.78, 5) is 21.3. The van der Waals surface area contributed by atoms with Gasteiger partial charge < -0.3 is 4.90 Å². The molecule has 1 saturated heterocycles. The SMILES string of the molecule is Cc1c(C(=O)N2CCN(Cc3ccncc3)CC2)cnn1-c1ccccc1. The summed E-state index contributed by atoms with van der Waals surface area (Å²) >= 11 is 0. The maximum absolute atomic E-state index is 13.0. The Labute approximate surface area is 159 Å². The highest BCUT2D eigenvalue weighted by Gasteiger charge is 2.25. The van der Waals surface area contributed by atoms with Crippen LogP contribution in [0.4, 0.5) is 0 Å². The molecule has 0 spiro atoms. The minimum Gasteiger partial charge on any atom is -0.336 e. The Morgan fingerprint density at radius 3 is 2.41 bits per heavy atom. The van der Waals surface area contributed by atoms with E-state index in [1.54, 1.807) is 6.20 Å². The monoisotopic (exact) mass is 361 g/mol. The zero-order valence-electron chi connectivity index (χ0n) is 15.5. The lowest BCUT2D eigenvalue weighted by atomic mass is 10.2. The van der Waals surface area contributed by atoms with Gasteiger partial charge in [0.1, 0.15) is 0 Å². The first-order valence-electron chi connectivity index (χ1n) is 9.23. The summed E-state index contributed by atoms with van der Waals surface area (Å²) in [6.45, 7) is 6.07. The van der Waals surface area contributed by atoms with Gasteiger partial charge in [0, 0.05) is 45.1 Å². The normalized spacial score (nSPS) is 15.1. The first-order valence-corrected chi connectivity index (χ1v) is 9.23. The Hall–Kier alpha value is -2.99. The third-order valence-corrected chi connectivity index (χ3v) is 5.06. The van der Waals surface area contributed by atoms with Crippen LogP contribution in [0.3, 0.4) is 0 Å². The number of carbonyl (C=O) groups is 1. The van der Waals surface area contributed by atoms with E-state index in [-0.39, 0.29) is 5.91 Å². The number of aromatic nitrogens is 3. The molecule has 0 bridgehead atoms. The number of nitrogens with zero attached hydrogens (tertiary/aromatic N) is 5. The molecule has 6 nitrogen and oxygen atoms in total. The fourth-order valence-electron chi connectivity index (χ4n) is 3.47. The fourth-order valence-corrected chi connectivity index (χ4v) is 3.47. The van der Waals surface area contributed by atoms with Crippen LogP contribution in [-0.4, -0.2) is 56.7 Å². The topological polar surface area (TPSA) is 54.3 Å². The van der Waals surface area contributed by atoms with E-state index >= 15 is 0 Å². The second-order valence-corrected chi connectivity index (χ2v) is 6.81. The second-order valence-electron chi connectivity index (χ2n) is 6.81. The summed E-state index contributed by atoms with van der Waals surface area (Å²) in [6, 6.07) is 14.0. The lowest BCUT2D eigenvalue weighted by Crippen LogP contribution is -2.48. The molecule has 138 valence electrons. The molecule has 0 aliphatic carbocycles. The smallest absolute Gasteiger partial charge is 0.257 e. The Morgan fingerprint density at radius 1 is 1.00 bits per heavy atom. The van der Waals surface area contributed by atoms with Gasteiger partial charge in [-0.25, -0.2) is 4.68 Å². The van der Waals surface area contributed by atoms with Crippen LogP contribution < -0.4 is 0 Å². The van der Waals surface area contributed by atoms with Crippen LogP contribution in [0.25, 0.3) is 5.69 Å². The van der Waals surface area contributed by atoms with E-state index in [2.05, 4.69) is 15.0 Å². The predicted molar refractivity (Wildman–Crippen MR) is 104 cm³/mol. The summed E-state index contributed by atoms with van der Waals surface area (Å²) < 4.78 is 1.83. The summed E-state index contributed by atoms with van der Waals surface area (Å²) in [5.41, 5.74) is 3.79. The number of pyridine rings is 1. The maximum atomic E-state index is 13.0. The molecular weight excluding hydrogens is 338 g/mol. The van der Waals surface area contributed by atoms with E-state index in [1.165, 1.54) is 5.56 Å². The second kappa shape index (κ2) is 7.72. The van der Waals surface area contributed by atoms with Crippen LogP contribution in [0, 0.1) is 6.92 Å². The van der Waals surface area contributed by atoms with E-state index in [4.69, 9.17) is 0 Å². The van der Waals surface area contributed by atoms with Crippen LogP contribution >= 0.6 is 0 Å². The molecule has 6 heteroatoms. The van der Waals surface area contributed by atoms with E-state index in [9.17, 15) is 4.79 Å². The van der Waals surface area contributed by atoms with Gasteiger partial charge in [-0.3, -0.25) is 14.7 Å². The minimum atomic E-state index is 0.0678. The average molecular weight is 361 g/mol. The van der Waals surface area contributed by atoms with Crippen LogP contribution in [0.1, 0.15) is 21.6 Å². The number of piperazine rings is 1. The van der Waals surface area contributed by atoms with Crippen molar-refractivity contribution in [3.63, 3.8) is 0 Å². The van der Waals surface area contributed by atoms with Gasteiger partial charge in [-0.05, 0) is 36.8 Å². The maximum Gasteiger partial charge on any atom is 0.257 e. The van der Waals surface area contributed by atoms with Gasteiger partial charge in [-0.1, -0.05) is 18.2 Å². The lowest BCUT2D eigenvalue weighted by Gasteiger charge is -2.34. The molecule has 1 aromatic carbocycles. The van der Waals surface area contributed by atoms with Crippen molar-refractivity contribution in [3.05, 3.63) is 77.9 Å². The van der Waals surface area contributed by atoms with Crippen molar-refractivity contribution in [2.45, 2.75) is 13.5 Å². The molecule has 2 aromatic heterocycles. The molecule has 0 saturated carbocycles. The lowest BCUT2D eigenvalue weighted by molar-refractivity contribution is 0.0627. The molecule has 3 heterocycles. The van der Waals surface area contributed by atoms with E-state index < -0.39 is 0 Å². The van der Waals surface area contributed by atoms with Gasteiger partial charge in [0.05, 0.1) is 23.1 Å². The molecular formula is C21H23N5O. The van der Waals surface area contributed by atoms with E-state index in [0.29, 0.717) is 5.56 Å². The first-order chi connectivity index (χ1) is 13.2. The van der Waals surface area contributed by atoms with E-state index in [1.807, 2.05) is 71.4 Å². The number of para-hydroxylation sites is 1. The molecule has 3 aromatic rings. The minimum absolute atomic E-state index is 0.0678. The van der Waals surface area contributed by atoms with Crippen molar-refractivity contribution in [2.24, 2.45) is 0 Å². The molecule has 1 aliphatic rings. The Bertz CT molecular complexity index is 899. The van der Waals surface area contributed by atoms with Gasteiger partial charge in [0.15, 0.2) is 0 Å². The van der Waals surface area contributed by atoms with Crippen molar-refractivity contribution in [1.82, 2.24) is 24.6 Å². The Balaban J connectivity index is 1.41. The van der Waals surface area contributed by atoms with Gasteiger partial charge in [0.25, 0.3) is 5.91 Å². The molecule has 1 amide bonds. The average Bonchev–Trinajstić information content (AvgIpc) is 3.11. The molecule has 4 rings (SSSR count). The summed E-state index contributed by atoms with van der Waals surface area (Å²) in [7, 11) is 0. The summed E-state index contributed by atoms with van der Waals surface area (Å²) in [6.07, 6.45) is 5.33. The van der Waals surface area contributed by atoms with Gasteiger partial charge in [-0.15, -0.1) is 0 Å². The summed E-state index contributed by atoms with van der Waals surface area (Å²) in [5.74, 6) is 0.0678. The molecule has 27 heavy (non-hydrogen) atoms. The van der Waals surface area contributed by atoms with Crippen molar-refractivity contribution in [3.8, 4) is 5.69 Å². The highest BCUT2D eigenvalue weighted by molar-refractivity contribution is 5.95. The van der Waals surface area contributed by atoms with Crippen molar-refractivity contribution >= 4 is 5.91 Å². The largest absolute Gasteiger partial charge is 0.336 e. The Kier molecular flexibility index (Phi) is 4.98. The molecule has 0 radical (unpaired) electrons.